The van der Waals surface area contributed by atoms with Crippen LogP contribution in [0.5, 0.6) is 0 Å². The normalized spacial score (nSPS) is 13.0. The van der Waals surface area contributed by atoms with Crippen molar-refractivity contribution in [2.24, 2.45) is 0 Å². The fraction of sp³-hybridized carbons (Fsp3) is 0. The average molecular weight is 745 g/mol. The number of halogens is 8. The summed E-state index contributed by atoms with van der Waals surface area (Å²) >= 11 is 0. The first-order valence-corrected chi connectivity index (χ1v) is 17.8. The van der Waals surface area contributed by atoms with Gasteiger partial charge in [-0.25, -0.2) is 35.1 Å². The monoisotopic (exact) mass is 744 g/mol. The van der Waals surface area contributed by atoms with Gasteiger partial charge in [-0.1, -0.05) is 97.1 Å². The van der Waals surface area contributed by atoms with E-state index < -0.39 is 68.1 Å². The van der Waals surface area contributed by atoms with E-state index in [1.54, 1.807) is 97.1 Å². The number of rotatable bonds is 0. The standard InChI is InChI=1S/C48H16F8/c49-41-37-27-21-13-5-1-9-17(21)25-18-10-2-6-14-22(18)28-34-31(25)33(27)35-29(38(37)42(50)46(54)45(41)53)23-15-7-3-11-19(23)26-20-12-4-8-16-24(20)30(36(34)32(26)35)40-39(28)43(51)47(55)48(56)44(40)52/h1-16H. The summed E-state index contributed by atoms with van der Waals surface area (Å²) < 4.78 is 130. The minimum atomic E-state index is -1.97. The lowest BCUT2D eigenvalue weighted by Gasteiger charge is -2.28. The van der Waals surface area contributed by atoms with Crippen LogP contribution in [0, 0.1) is 46.5 Å². The zero-order valence-corrected chi connectivity index (χ0v) is 28.3. The quantitative estimate of drug-likeness (QED) is 0.0477. The highest BCUT2D eigenvalue weighted by atomic mass is 19.2. The molecule has 0 nitrogen and oxygen atoms in total. The van der Waals surface area contributed by atoms with Gasteiger partial charge in [0.2, 0.25) is 0 Å². The minimum Gasteiger partial charge on any atom is -0.203 e. The zero-order chi connectivity index (χ0) is 37.8. The van der Waals surface area contributed by atoms with Gasteiger partial charge in [-0.05, 0) is 64.6 Å². The summed E-state index contributed by atoms with van der Waals surface area (Å²) in [5.74, 6) is -14.2. The molecule has 0 aromatic heterocycles. The highest BCUT2D eigenvalue weighted by Crippen LogP contribution is 2.60. The second-order valence-electron chi connectivity index (χ2n) is 14.7. The molecule has 0 amide bonds. The van der Waals surface area contributed by atoms with Gasteiger partial charge in [-0.3, -0.25) is 0 Å². The summed E-state index contributed by atoms with van der Waals surface area (Å²) in [5.41, 5.74) is 0. The lowest BCUT2D eigenvalue weighted by atomic mass is 9.74. The van der Waals surface area contributed by atoms with Gasteiger partial charge in [0.05, 0.1) is 0 Å². The maximum absolute atomic E-state index is 16.8. The Bertz CT molecular complexity index is 3500. The van der Waals surface area contributed by atoms with E-state index in [0.29, 0.717) is 86.2 Å². The van der Waals surface area contributed by atoms with E-state index in [1.165, 1.54) is 0 Å². The lowest BCUT2D eigenvalue weighted by Crippen LogP contribution is -2.05. The summed E-state index contributed by atoms with van der Waals surface area (Å²) in [7, 11) is 0. The molecule has 13 rings (SSSR count). The van der Waals surface area contributed by atoms with Crippen molar-refractivity contribution in [1.29, 1.82) is 0 Å². The highest BCUT2D eigenvalue weighted by Gasteiger charge is 2.35. The molecule has 8 heteroatoms. The third kappa shape index (κ3) is 3.07. The van der Waals surface area contributed by atoms with Gasteiger partial charge in [-0.15, -0.1) is 0 Å². The molecule has 56 heavy (non-hydrogen) atoms. The molecule has 0 unspecified atom stereocenters. The fourth-order valence-corrected chi connectivity index (χ4v) is 10.5. The van der Waals surface area contributed by atoms with E-state index in [2.05, 4.69) is 0 Å². The lowest BCUT2D eigenvalue weighted by molar-refractivity contribution is 0.418. The van der Waals surface area contributed by atoms with Gasteiger partial charge in [-0.2, -0.15) is 0 Å². The maximum Gasteiger partial charge on any atom is 0.198 e. The second kappa shape index (κ2) is 9.70. The fourth-order valence-electron chi connectivity index (χ4n) is 10.5. The van der Waals surface area contributed by atoms with Crippen LogP contribution in [0.15, 0.2) is 97.1 Å². The first-order chi connectivity index (χ1) is 27.2. The molecule has 0 saturated carbocycles. The number of benzene rings is 13. The Morgan fingerprint density at radius 3 is 0.518 bits per heavy atom. The summed E-state index contributed by atoms with van der Waals surface area (Å²) in [6.45, 7) is 0. The highest BCUT2D eigenvalue weighted by molar-refractivity contribution is 6.60. The van der Waals surface area contributed by atoms with Crippen molar-refractivity contribution in [2.75, 3.05) is 0 Å². The summed E-state index contributed by atoms with van der Waals surface area (Å²) in [6.07, 6.45) is 0. The predicted molar refractivity (Wildman–Crippen MR) is 210 cm³/mol. The first kappa shape index (κ1) is 30.5. The van der Waals surface area contributed by atoms with E-state index in [9.17, 15) is 0 Å². The molecule has 0 atom stereocenters. The van der Waals surface area contributed by atoms with Gasteiger partial charge in [0.25, 0.3) is 0 Å². The molecule has 0 fully saturated rings. The topological polar surface area (TPSA) is 0 Å². The van der Waals surface area contributed by atoms with Gasteiger partial charge >= 0.3 is 0 Å². The van der Waals surface area contributed by atoms with Crippen LogP contribution in [0.2, 0.25) is 0 Å². The smallest absolute Gasteiger partial charge is 0.198 e. The molecule has 0 aliphatic heterocycles. The molecule has 0 heterocycles. The largest absolute Gasteiger partial charge is 0.203 e. The Hall–Kier alpha value is -6.80. The third-order valence-electron chi connectivity index (χ3n) is 12.4. The molecule has 0 radical (unpaired) electrons. The van der Waals surface area contributed by atoms with Crippen molar-refractivity contribution in [3.63, 3.8) is 0 Å². The molecule has 13 aromatic rings. The third-order valence-corrected chi connectivity index (χ3v) is 12.4. The van der Waals surface area contributed by atoms with Crippen molar-refractivity contribution in [1.82, 2.24) is 0 Å². The van der Waals surface area contributed by atoms with Crippen molar-refractivity contribution in [3.05, 3.63) is 144 Å². The molecule has 0 N–H and O–H groups in total. The molecular formula is C48H16F8. The van der Waals surface area contributed by atoms with Crippen molar-refractivity contribution >= 4 is 129 Å². The molecule has 0 saturated heterocycles. The Balaban J connectivity index is 1.62. The number of hydrogen-bond donors (Lipinski definition) is 0. The van der Waals surface area contributed by atoms with Gasteiger partial charge in [0.15, 0.2) is 46.5 Å². The predicted octanol–water partition coefficient (Wildman–Crippen LogP) is 15.0. The minimum absolute atomic E-state index is 0.100. The summed E-state index contributed by atoms with van der Waals surface area (Å²) in [5, 5.41) is 5.95. The van der Waals surface area contributed by atoms with Crippen LogP contribution in [0.25, 0.3) is 129 Å². The van der Waals surface area contributed by atoms with E-state index in [1.807, 2.05) is 0 Å². The Morgan fingerprint density at radius 2 is 0.321 bits per heavy atom. The molecule has 0 bridgehead atoms. The molecule has 264 valence electrons. The van der Waals surface area contributed by atoms with Crippen LogP contribution >= 0.6 is 0 Å². The van der Waals surface area contributed by atoms with Crippen LogP contribution in [-0.2, 0) is 0 Å². The Morgan fingerprint density at radius 1 is 0.161 bits per heavy atom. The zero-order valence-electron chi connectivity index (χ0n) is 28.3. The van der Waals surface area contributed by atoms with Crippen LogP contribution in [-0.4, -0.2) is 0 Å². The Kier molecular flexibility index (Phi) is 5.29. The van der Waals surface area contributed by atoms with Crippen molar-refractivity contribution in [2.45, 2.75) is 0 Å². The van der Waals surface area contributed by atoms with E-state index in [-0.39, 0.29) is 21.5 Å². The van der Waals surface area contributed by atoms with Crippen molar-refractivity contribution < 1.29 is 35.1 Å². The SMILES string of the molecule is Fc1c(F)c(F)c2c(c1F)c1c3ccccc3c3c4ccccc4c4c5c(F)c(F)c(F)c(F)c5c5c6ccccc6c6c7ccccc7c2c2c6c5c4c3c12. The Labute approximate surface area is 307 Å². The van der Waals surface area contributed by atoms with Crippen LogP contribution in [0.3, 0.4) is 0 Å². The van der Waals surface area contributed by atoms with Gasteiger partial charge < -0.3 is 0 Å². The summed E-state index contributed by atoms with van der Waals surface area (Å²) in [6, 6.07) is 27.9. The molecule has 13 aromatic carbocycles. The van der Waals surface area contributed by atoms with Crippen LogP contribution in [0.4, 0.5) is 35.1 Å². The van der Waals surface area contributed by atoms with E-state index in [4.69, 9.17) is 0 Å². The van der Waals surface area contributed by atoms with Crippen molar-refractivity contribution in [3.8, 4) is 0 Å². The number of hydrogen-bond acceptors (Lipinski definition) is 0. The molecule has 0 aliphatic carbocycles. The molecular weight excluding hydrogens is 729 g/mol. The van der Waals surface area contributed by atoms with E-state index >= 15 is 35.1 Å². The van der Waals surface area contributed by atoms with Crippen LogP contribution < -0.4 is 0 Å². The maximum atomic E-state index is 16.8. The van der Waals surface area contributed by atoms with E-state index in [0.717, 1.165) is 0 Å². The van der Waals surface area contributed by atoms with Gasteiger partial charge in [0.1, 0.15) is 0 Å². The average Bonchev–Trinajstić information content (AvgIpc) is 3.24. The first-order valence-electron chi connectivity index (χ1n) is 17.8. The number of fused-ring (bicyclic) bond motifs is 18. The molecule has 0 spiro atoms. The second-order valence-corrected chi connectivity index (χ2v) is 14.7. The van der Waals surface area contributed by atoms with Gasteiger partial charge in [0, 0.05) is 64.6 Å². The van der Waals surface area contributed by atoms with Crippen LogP contribution in [0.1, 0.15) is 0 Å². The summed E-state index contributed by atoms with van der Waals surface area (Å²) in [4.78, 5) is 0. The molecule has 0 aliphatic rings.